The molecule has 0 aliphatic heterocycles. The van der Waals surface area contributed by atoms with E-state index < -0.39 is 5.97 Å². The van der Waals surface area contributed by atoms with Gasteiger partial charge in [-0.1, -0.05) is 40.2 Å². The highest BCUT2D eigenvalue weighted by Crippen LogP contribution is 2.14. The van der Waals surface area contributed by atoms with Gasteiger partial charge in [-0.05, 0) is 35.4 Å². The van der Waals surface area contributed by atoms with Gasteiger partial charge in [0.05, 0.1) is 5.56 Å². The first-order valence-electron chi connectivity index (χ1n) is 7.19. The van der Waals surface area contributed by atoms with Gasteiger partial charge in [0.25, 0.3) is 0 Å². The molecule has 3 rings (SSSR count). The van der Waals surface area contributed by atoms with Crippen LogP contribution >= 0.6 is 15.9 Å². The summed E-state index contributed by atoms with van der Waals surface area (Å²) in [5.74, 6) is 0.0133. The van der Waals surface area contributed by atoms with E-state index >= 15 is 0 Å². The molecule has 2 aromatic carbocycles. The topological polar surface area (TPSA) is 66.0 Å². The van der Waals surface area contributed by atoms with Gasteiger partial charge in [-0.25, -0.2) is 9.78 Å². The zero-order valence-electron chi connectivity index (χ0n) is 12.3. The average molecular weight is 371 g/mol. The lowest BCUT2D eigenvalue weighted by molar-refractivity contribution is 0.0697. The van der Waals surface area contributed by atoms with Crippen LogP contribution in [-0.4, -0.2) is 21.0 Å². The van der Waals surface area contributed by atoms with Crippen molar-refractivity contribution in [1.29, 1.82) is 0 Å². The van der Waals surface area contributed by atoms with Crippen molar-refractivity contribution in [2.45, 2.75) is 12.8 Å². The van der Waals surface area contributed by atoms with Crippen molar-refractivity contribution in [3.05, 3.63) is 87.4 Å². The average Bonchev–Trinajstić information content (AvgIpc) is 2.97. The molecule has 1 heterocycles. The molecule has 4 nitrogen and oxygen atoms in total. The van der Waals surface area contributed by atoms with E-state index in [0.717, 1.165) is 28.0 Å². The number of aromatic carboxylic acids is 1. The second-order valence-electron chi connectivity index (χ2n) is 5.34. The normalized spacial score (nSPS) is 10.7. The Labute approximate surface area is 142 Å². The van der Waals surface area contributed by atoms with E-state index in [4.69, 9.17) is 5.11 Å². The minimum absolute atomic E-state index is 0.300. The van der Waals surface area contributed by atoms with Crippen LogP contribution in [0.25, 0.3) is 0 Å². The maximum absolute atomic E-state index is 10.8. The summed E-state index contributed by atoms with van der Waals surface area (Å²) in [4.78, 5) is 18.6. The lowest BCUT2D eigenvalue weighted by Gasteiger charge is -2.01. The van der Waals surface area contributed by atoms with E-state index in [2.05, 4.69) is 38.0 Å². The van der Waals surface area contributed by atoms with E-state index in [1.165, 1.54) is 5.56 Å². The number of benzene rings is 2. The summed E-state index contributed by atoms with van der Waals surface area (Å²) in [6.07, 6.45) is 3.29. The van der Waals surface area contributed by atoms with E-state index in [1.807, 2.05) is 30.5 Å². The van der Waals surface area contributed by atoms with Gasteiger partial charge in [-0.3, -0.25) is 0 Å². The Morgan fingerprint density at radius 2 is 1.61 bits per heavy atom. The van der Waals surface area contributed by atoms with Gasteiger partial charge in [0, 0.05) is 29.2 Å². The van der Waals surface area contributed by atoms with E-state index in [1.54, 1.807) is 12.1 Å². The lowest BCUT2D eigenvalue weighted by atomic mass is 10.1. The SMILES string of the molecule is O=C(O)c1ccc(Cc2cnc(Cc3ccc(Br)cc3)[nH]2)cc1. The van der Waals surface area contributed by atoms with Crippen LogP contribution in [-0.2, 0) is 12.8 Å². The molecule has 23 heavy (non-hydrogen) atoms. The van der Waals surface area contributed by atoms with Crippen LogP contribution in [0, 0.1) is 0 Å². The smallest absolute Gasteiger partial charge is 0.335 e. The number of nitrogens with zero attached hydrogens (tertiary/aromatic N) is 1. The minimum Gasteiger partial charge on any atom is -0.478 e. The van der Waals surface area contributed by atoms with Crippen LogP contribution in [0.3, 0.4) is 0 Å². The van der Waals surface area contributed by atoms with Gasteiger partial charge in [-0.15, -0.1) is 0 Å². The fourth-order valence-electron chi connectivity index (χ4n) is 2.37. The van der Waals surface area contributed by atoms with Gasteiger partial charge in [0.1, 0.15) is 5.82 Å². The third-order valence-electron chi connectivity index (χ3n) is 3.56. The molecule has 5 heteroatoms. The number of imidazole rings is 1. The van der Waals surface area contributed by atoms with Crippen LogP contribution in [0.4, 0.5) is 0 Å². The predicted octanol–water partition coefficient (Wildman–Crippen LogP) is 4.05. The van der Waals surface area contributed by atoms with Crippen molar-refractivity contribution < 1.29 is 9.90 Å². The van der Waals surface area contributed by atoms with Crippen LogP contribution < -0.4 is 0 Å². The van der Waals surface area contributed by atoms with E-state index in [9.17, 15) is 4.79 Å². The van der Waals surface area contributed by atoms with Crippen molar-refractivity contribution in [1.82, 2.24) is 9.97 Å². The number of aromatic amines is 1. The van der Waals surface area contributed by atoms with Crippen molar-refractivity contribution in [2.24, 2.45) is 0 Å². The molecule has 0 aliphatic carbocycles. The molecule has 2 N–H and O–H groups in total. The molecule has 0 saturated carbocycles. The number of nitrogens with one attached hydrogen (secondary N) is 1. The summed E-state index contributed by atoms with van der Waals surface area (Å²) in [6.45, 7) is 0. The molecular formula is C18H15BrN2O2. The van der Waals surface area contributed by atoms with E-state index in [0.29, 0.717) is 12.0 Å². The molecule has 0 bridgehead atoms. The molecule has 116 valence electrons. The Bertz CT molecular complexity index is 808. The number of H-pyrrole nitrogens is 1. The van der Waals surface area contributed by atoms with Gasteiger partial charge >= 0.3 is 5.97 Å². The van der Waals surface area contributed by atoms with Crippen molar-refractivity contribution >= 4 is 21.9 Å². The highest BCUT2D eigenvalue weighted by Gasteiger charge is 2.05. The Hall–Kier alpha value is -2.40. The monoisotopic (exact) mass is 370 g/mol. The molecule has 0 fully saturated rings. The Balaban J connectivity index is 1.67. The summed E-state index contributed by atoms with van der Waals surface area (Å²) >= 11 is 3.43. The number of carboxylic acids is 1. The fraction of sp³-hybridized carbons (Fsp3) is 0.111. The standard InChI is InChI=1S/C18H15BrN2O2/c19-15-7-3-13(4-8-15)10-17-20-11-16(21-17)9-12-1-5-14(6-2-12)18(22)23/h1-8,11H,9-10H2,(H,20,21)(H,22,23). The number of carboxylic acid groups (broad SMARTS) is 1. The van der Waals surface area contributed by atoms with Crippen molar-refractivity contribution in [3.63, 3.8) is 0 Å². The Kier molecular flexibility index (Phi) is 4.57. The molecular weight excluding hydrogens is 356 g/mol. The maximum Gasteiger partial charge on any atom is 0.335 e. The van der Waals surface area contributed by atoms with Crippen LogP contribution in [0.15, 0.2) is 59.2 Å². The maximum atomic E-state index is 10.8. The summed E-state index contributed by atoms with van der Waals surface area (Å²) in [5, 5.41) is 8.91. The highest BCUT2D eigenvalue weighted by molar-refractivity contribution is 9.10. The van der Waals surface area contributed by atoms with Crippen LogP contribution in [0.1, 0.15) is 33.0 Å². The largest absolute Gasteiger partial charge is 0.478 e. The van der Waals surface area contributed by atoms with Gasteiger partial charge in [0.15, 0.2) is 0 Å². The van der Waals surface area contributed by atoms with E-state index in [-0.39, 0.29) is 0 Å². The number of carbonyl (C=O) groups is 1. The zero-order chi connectivity index (χ0) is 16.2. The summed E-state index contributed by atoms with van der Waals surface area (Å²) in [5.41, 5.74) is 3.56. The molecule has 3 aromatic rings. The number of rotatable bonds is 5. The first kappa shape index (κ1) is 15.5. The number of hydrogen-bond donors (Lipinski definition) is 2. The molecule has 0 saturated heterocycles. The quantitative estimate of drug-likeness (QED) is 0.711. The molecule has 0 radical (unpaired) electrons. The molecule has 0 aliphatic rings. The Morgan fingerprint density at radius 1 is 1.00 bits per heavy atom. The molecule has 1 aromatic heterocycles. The first-order valence-corrected chi connectivity index (χ1v) is 7.99. The van der Waals surface area contributed by atoms with Gasteiger partial charge in [-0.2, -0.15) is 0 Å². The first-order chi connectivity index (χ1) is 11.1. The predicted molar refractivity (Wildman–Crippen MR) is 91.7 cm³/mol. The third kappa shape index (κ3) is 4.07. The van der Waals surface area contributed by atoms with Crippen LogP contribution in [0.2, 0.25) is 0 Å². The minimum atomic E-state index is -0.908. The molecule has 0 amide bonds. The third-order valence-corrected chi connectivity index (χ3v) is 4.09. The second kappa shape index (κ2) is 6.79. The second-order valence-corrected chi connectivity index (χ2v) is 6.25. The highest BCUT2D eigenvalue weighted by atomic mass is 79.9. The van der Waals surface area contributed by atoms with Gasteiger partial charge < -0.3 is 10.1 Å². The molecule has 0 unspecified atom stereocenters. The summed E-state index contributed by atoms with van der Waals surface area (Å²) in [6, 6.07) is 15.1. The summed E-state index contributed by atoms with van der Waals surface area (Å²) < 4.78 is 1.06. The zero-order valence-corrected chi connectivity index (χ0v) is 13.9. The number of halogens is 1. The summed E-state index contributed by atoms with van der Waals surface area (Å²) in [7, 11) is 0. The lowest BCUT2D eigenvalue weighted by Crippen LogP contribution is -1.97. The molecule has 0 atom stereocenters. The molecule has 0 spiro atoms. The Morgan fingerprint density at radius 3 is 2.26 bits per heavy atom. The van der Waals surface area contributed by atoms with Crippen molar-refractivity contribution in [2.75, 3.05) is 0 Å². The van der Waals surface area contributed by atoms with Gasteiger partial charge in [0.2, 0.25) is 0 Å². The number of hydrogen-bond acceptors (Lipinski definition) is 2. The van der Waals surface area contributed by atoms with Crippen molar-refractivity contribution in [3.8, 4) is 0 Å². The van der Waals surface area contributed by atoms with Crippen LogP contribution in [0.5, 0.6) is 0 Å². The fourth-order valence-corrected chi connectivity index (χ4v) is 2.63. The number of aromatic nitrogens is 2.